The predicted octanol–water partition coefficient (Wildman–Crippen LogP) is 0.113. The Kier molecular flexibility index (Phi) is 5.03. The topological polar surface area (TPSA) is 102 Å². The number of Topliss-reactive ketones (excluding diaryl/α,β-unsaturated/α-hetero) is 1. The molecule has 141 valence electrons. The van der Waals surface area contributed by atoms with Crippen molar-refractivity contribution in [2.45, 2.75) is 43.8 Å². The molecular formula is C17H22N3O5S. The van der Waals surface area contributed by atoms with Crippen LogP contribution in [0.25, 0.3) is 0 Å². The molecule has 3 rings (SSSR count). The number of fused-ring (bicyclic) bond motifs is 1. The van der Waals surface area contributed by atoms with Crippen molar-refractivity contribution in [3.05, 3.63) is 36.0 Å². The highest BCUT2D eigenvalue weighted by atomic mass is 32.2. The van der Waals surface area contributed by atoms with Gasteiger partial charge in [0.05, 0.1) is 12.6 Å². The van der Waals surface area contributed by atoms with Crippen LogP contribution in [-0.2, 0) is 19.6 Å². The summed E-state index contributed by atoms with van der Waals surface area (Å²) in [5.41, 5.74) is 0. The molecule has 26 heavy (non-hydrogen) atoms. The van der Waals surface area contributed by atoms with Gasteiger partial charge < -0.3 is 10.1 Å². The summed E-state index contributed by atoms with van der Waals surface area (Å²) >= 11 is 0. The summed E-state index contributed by atoms with van der Waals surface area (Å²) in [5, 5.41) is 11.5. The van der Waals surface area contributed by atoms with Crippen LogP contribution < -0.4 is 4.73 Å². The van der Waals surface area contributed by atoms with Gasteiger partial charge in [0.15, 0.2) is 12.0 Å². The first-order valence-electron chi connectivity index (χ1n) is 8.60. The average Bonchev–Trinajstić information content (AvgIpc) is 3.14. The molecule has 2 fully saturated rings. The number of carbonyl (C=O) groups excluding carboxylic acids is 2. The van der Waals surface area contributed by atoms with Crippen molar-refractivity contribution in [1.82, 2.24) is 9.21 Å². The van der Waals surface area contributed by atoms with Crippen molar-refractivity contribution in [2.24, 2.45) is 5.92 Å². The minimum atomic E-state index is -4.12. The van der Waals surface area contributed by atoms with Gasteiger partial charge in [0.25, 0.3) is 0 Å². The van der Waals surface area contributed by atoms with Gasteiger partial charge >= 0.3 is 15.0 Å². The second-order valence-electron chi connectivity index (χ2n) is 7.05. The lowest BCUT2D eigenvalue weighted by Crippen LogP contribution is -2.45. The molecule has 1 radical (unpaired) electrons. The zero-order valence-corrected chi connectivity index (χ0v) is 15.6. The van der Waals surface area contributed by atoms with E-state index in [1.165, 1.54) is 23.1 Å². The number of aromatic nitrogens is 1. The second kappa shape index (κ2) is 6.96. The minimum Gasteiger partial charge on any atom is -0.618 e. The molecule has 0 aliphatic carbocycles. The normalized spacial score (nSPS) is 23.7. The number of carbonyl (C=O) groups is 2. The van der Waals surface area contributed by atoms with Gasteiger partial charge in [-0.05, 0) is 24.8 Å². The highest BCUT2D eigenvalue weighted by molar-refractivity contribution is 7.89. The van der Waals surface area contributed by atoms with Gasteiger partial charge in [0.1, 0.15) is 6.04 Å². The highest BCUT2D eigenvalue weighted by Crippen LogP contribution is 2.33. The summed E-state index contributed by atoms with van der Waals surface area (Å²) in [6.07, 6.45) is 3.64. The molecule has 2 saturated heterocycles. The van der Waals surface area contributed by atoms with Crippen LogP contribution in [0.4, 0.5) is 0 Å². The quantitative estimate of drug-likeness (QED) is 0.533. The van der Waals surface area contributed by atoms with Gasteiger partial charge in [-0.2, -0.15) is 9.04 Å². The predicted molar refractivity (Wildman–Crippen MR) is 92.0 cm³/mol. The Bertz CT molecular complexity index is 823. The number of likely N-dealkylation sites (tertiary alicyclic amines) is 1. The molecule has 0 N–H and O–H groups in total. The third-order valence-electron chi connectivity index (χ3n) is 4.79. The van der Waals surface area contributed by atoms with Gasteiger partial charge in [-0.3, -0.25) is 9.59 Å². The first kappa shape index (κ1) is 18.8. The fraction of sp³-hybridized carbons (Fsp3) is 0.529. The Labute approximate surface area is 153 Å². The van der Waals surface area contributed by atoms with Gasteiger partial charge in [-0.15, -0.1) is 0 Å². The number of hydrogen-bond donors (Lipinski definition) is 0. The monoisotopic (exact) mass is 380 g/mol. The molecule has 1 aromatic rings. The van der Waals surface area contributed by atoms with Crippen LogP contribution in [0.15, 0.2) is 29.4 Å². The molecule has 9 heteroatoms. The molecule has 0 bridgehead atoms. The van der Waals surface area contributed by atoms with Crippen LogP contribution in [0.5, 0.6) is 0 Å². The van der Waals surface area contributed by atoms with Crippen LogP contribution in [0, 0.1) is 17.5 Å². The van der Waals surface area contributed by atoms with E-state index in [-0.39, 0.29) is 23.0 Å². The van der Waals surface area contributed by atoms with E-state index in [9.17, 15) is 23.2 Å². The van der Waals surface area contributed by atoms with Crippen LogP contribution >= 0.6 is 0 Å². The van der Waals surface area contributed by atoms with Crippen LogP contribution in [0.1, 0.15) is 26.7 Å². The molecule has 2 unspecified atom stereocenters. The van der Waals surface area contributed by atoms with Crippen molar-refractivity contribution >= 4 is 21.7 Å². The SMILES string of the molecule is CC(C)C[CH]C(=O)N1CCC2C1C(=O)CN2S(=O)(=O)c1cccc[n+]1[O-]. The molecule has 0 spiro atoms. The first-order chi connectivity index (χ1) is 12.2. The molecule has 0 saturated carbocycles. The van der Waals surface area contributed by atoms with E-state index in [4.69, 9.17) is 0 Å². The maximum Gasteiger partial charge on any atom is 0.323 e. The molecule has 0 aromatic carbocycles. The molecule has 3 heterocycles. The Morgan fingerprint density at radius 1 is 1.42 bits per heavy atom. The number of sulfonamides is 1. The fourth-order valence-corrected chi connectivity index (χ4v) is 5.18. The van der Waals surface area contributed by atoms with Crippen LogP contribution in [0.3, 0.4) is 0 Å². The molecule has 1 aromatic heterocycles. The highest BCUT2D eigenvalue weighted by Gasteiger charge is 2.54. The second-order valence-corrected chi connectivity index (χ2v) is 8.88. The summed E-state index contributed by atoms with van der Waals surface area (Å²) in [7, 11) is -4.12. The van der Waals surface area contributed by atoms with E-state index in [0.29, 0.717) is 25.3 Å². The summed E-state index contributed by atoms with van der Waals surface area (Å²) in [6, 6.07) is 2.72. The summed E-state index contributed by atoms with van der Waals surface area (Å²) in [4.78, 5) is 26.4. The molecule has 1 amide bonds. The number of ketones is 1. The fourth-order valence-electron chi connectivity index (χ4n) is 3.53. The van der Waals surface area contributed by atoms with Crippen molar-refractivity contribution in [3.63, 3.8) is 0 Å². The first-order valence-corrected chi connectivity index (χ1v) is 10.0. The van der Waals surface area contributed by atoms with Gasteiger partial charge in [-0.25, -0.2) is 8.42 Å². The maximum atomic E-state index is 12.9. The van der Waals surface area contributed by atoms with Gasteiger partial charge in [-0.1, -0.05) is 13.8 Å². The largest absolute Gasteiger partial charge is 0.618 e. The lowest BCUT2D eigenvalue weighted by Gasteiger charge is -2.23. The van der Waals surface area contributed by atoms with E-state index < -0.39 is 27.1 Å². The zero-order valence-electron chi connectivity index (χ0n) is 14.7. The molecule has 2 aliphatic rings. The van der Waals surface area contributed by atoms with Crippen molar-refractivity contribution in [2.75, 3.05) is 13.1 Å². The standard InChI is InChI=1S/C17H22N3O5S/c1-12(2)6-7-15(22)18-10-8-13-17(18)14(21)11-20(13)26(24,25)16-5-3-4-9-19(16)23/h3-5,7,9,12-13,17H,6,8,10-11H2,1-2H3. The maximum absolute atomic E-state index is 12.9. The zero-order chi connectivity index (χ0) is 19.1. The third kappa shape index (κ3) is 3.21. The molecular weight excluding hydrogens is 358 g/mol. The van der Waals surface area contributed by atoms with E-state index in [1.807, 2.05) is 13.8 Å². The Hall–Kier alpha value is -2.00. The lowest BCUT2D eigenvalue weighted by atomic mass is 10.1. The average molecular weight is 380 g/mol. The van der Waals surface area contributed by atoms with E-state index in [0.717, 1.165) is 10.5 Å². The Morgan fingerprint density at radius 2 is 2.15 bits per heavy atom. The smallest absolute Gasteiger partial charge is 0.323 e. The Morgan fingerprint density at radius 3 is 2.81 bits per heavy atom. The van der Waals surface area contributed by atoms with Crippen molar-refractivity contribution in [1.29, 1.82) is 0 Å². The number of amides is 1. The number of nitrogens with zero attached hydrogens (tertiary/aromatic N) is 3. The van der Waals surface area contributed by atoms with E-state index >= 15 is 0 Å². The van der Waals surface area contributed by atoms with Crippen LogP contribution in [-0.4, -0.2) is 54.5 Å². The summed E-state index contributed by atoms with van der Waals surface area (Å²) in [5.74, 6) is -0.229. The van der Waals surface area contributed by atoms with E-state index in [2.05, 4.69) is 0 Å². The third-order valence-corrected chi connectivity index (χ3v) is 6.65. The Balaban J connectivity index is 1.83. The van der Waals surface area contributed by atoms with Gasteiger partial charge in [0.2, 0.25) is 5.91 Å². The van der Waals surface area contributed by atoms with Crippen molar-refractivity contribution in [3.8, 4) is 0 Å². The number of rotatable bonds is 5. The number of pyridine rings is 1. The van der Waals surface area contributed by atoms with E-state index in [1.54, 1.807) is 6.42 Å². The lowest BCUT2D eigenvalue weighted by molar-refractivity contribution is -0.646. The van der Waals surface area contributed by atoms with Crippen LogP contribution in [0.2, 0.25) is 0 Å². The molecule has 2 atom stereocenters. The van der Waals surface area contributed by atoms with Gasteiger partial charge in [0, 0.05) is 25.1 Å². The van der Waals surface area contributed by atoms with Crippen molar-refractivity contribution < 1.29 is 22.7 Å². The minimum absolute atomic E-state index is 0.239. The molecule has 8 nitrogen and oxygen atoms in total. The summed E-state index contributed by atoms with van der Waals surface area (Å²) < 4.78 is 27.1. The number of hydrogen-bond acceptors (Lipinski definition) is 5. The molecule has 2 aliphatic heterocycles. The summed E-state index contributed by atoms with van der Waals surface area (Å²) in [6.45, 7) is 3.99.